The summed E-state index contributed by atoms with van der Waals surface area (Å²) in [6.07, 6.45) is 1.70. The normalized spacial score (nSPS) is 16.6. The van der Waals surface area contributed by atoms with E-state index in [4.69, 9.17) is 16.3 Å². The average molecular weight is 354 g/mol. The molecule has 0 bridgehead atoms. The molecular formula is C20H16ClNO3. The predicted octanol–water partition coefficient (Wildman–Crippen LogP) is 3.78. The molecule has 1 amide bonds. The summed E-state index contributed by atoms with van der Waals surface area (Å²) < 4.78 is 5.25. The van der Waals surface area contributed by atoms with Gasteiger partial charge in [-0.1, -0.05) is 54.1 Å². The van der Waals surface area contributed by atoms with Gasteiger partial charge in [-0.2, -0.15) is 0 Å². The van der Waals surface area contributed by atoms with Crippen LogP contribution in [0.1, 0.15) is 11.1 Å². The highest BCUT2D eigenvalue weighted by Gasteiger charge is 2.36. The van der Waals surface area contributed by atoms with Crippen molar-refractivity contribution in [3.63, 3.8) is 0 Å². The first-order valence-electron chi connectivity index (χ1n) is 7.66. The van der Waals surface area contributed by atoms with Gasteiger partial charge in [-0.05, 0) is 29.3 Å². The number of Topliss-reactive ketones (excluding diaryl/α,β-unsaturated/α-hetero) is 1. The molecule has 0 atom stereocenters. The van der Waals surface area contributed by atoms with Gasteiger partial charge < -0.3 is 9.64 Å². The number of nitrogens with zero attached hydrogens (tertiary/aromatic N) is 1. The molecule has 3 rings (SSSR count). The van der Waals surface area contributed by atoms with Crippen molar-refractivity contribution in [3.05, 3.63) is 82.2 Å². The van der Waals surface area contributed by atoms with Crippen LogP contribution in [0.4, 0.5) is 0 Å². The number of likely N-dealkylation sites (N-methyl/N-ethyl adjacent to an activating group) is 1. The fraction of sp³-hybridized carbons (Fsp3) is 0.100. The Bertz CT molecular complexity index is 883. The molecule has 2 aromatic carbocycles. The van der Waals surface area contributed by atoms with Crippen LogP contribution in [0.25, 0.3) is 11.6 Å². The summed E-state index contributed by atoms with van der Waals surface area (Å²) >= 11 is 5.93. The summed E-state index contributed by atoms with van der Waals surface area (Å²) in [7, 11) is 2.95. The van der Waals surface area contributed by atoms with Crippen molar-refractivity contribution < 1.29 is 14.3 Å². The Kier molecular flexibility index (Phi) is 4.72. The van der Waals surface area contributed by atoms with Gasteiger partial charge in [0, 0.05) is 12.1 Å². The SMILES string of the molecule is COC1=C(c2ccc(Cl)cc2)C(=O)/C(=C/c2ccccc2)N(C)C1=O. The van der Waals surface area contributed by atoms with Crippen molar-refractivity contribution >= 4 is 34.9 Å². The minimum absolute atomic E-state index is 0.0278. The van der Waals surface area contributed by atoms with Gasteiger partial charge >= 0.3 is 0 Å². The summed E-state index contributed by atoms with van der Waals surface area (Å²) in [6, 6.07) is 16.1. The second-order valence-corrected chi connectivity index (χ2v) is 5.99. The maximum Gasteiger partial charge on any atom is 0.293 e. The number of carbonyl (C=O) groups excluding carboxylic acids is 2. The lowest BCUT2D eigenvalue weighted by Crippen LogP contribution is -2.37. The summed E-state index contributed by atoms with van der Waals surface area (Å²) in [5.41, 5.74) is 1.96. The fourth-order valence-electron chi connectivity index (χ4n) is 2.69. The molecule has 25 heavy (non-hydrogen) atoms. The van der Waals surface area contributed by atoms with E-state index in [1.807, 2.05) is 30.3 Å². The molecule has 1 aliphatic heterocycles. The zero-order chi connectivity index (χ0) is 18.0. The number of amides is 1. The van der Waals surface area contributed by atoms with Crippen molar-refractivity contribution in [2.24, 2.45) is 0 Å². The van der Waals surface area contributed by atoms with Crippen molar-refractivity contribution in [3.8, 4) is 0 Å². The summed E-state index contributed by atoms with van der Waals surface area (Å²) in [4.78, 5) is 27.1. The first-order valence-corrected chi connectivity index (χ1v) is 8.04. The number of halogens is 1. The predicted molar refractivity (Wildman–Crippen MR) is 97.6 cm³/mol. The lowest BCUT2D eigenvalue weighted by atomic mass is 9.93. The summed E-state index contributed by atoms with van der Waals surface area (Å²) in [5, 5.41) is 0.551. The van der Waals surface area contributed by atoms with Crippen LogP contribution in [0.3, 0.4) is 0 Å². The van der Waals surface area contributed by atoms with E-state index in [1.165, 1.54) is 12.0 Å². The molecule has 0 radical (unpaired) electrons. The Balaban J connectivity index is 2.16. The Morgan fingerprint density at radius 2 is 1.64 bits per heavy atom. The molecule has 1 heterocycles. The van der Waals surface area contributed by atoms with E-state index in [9.17, 15) is 9.59 Å². The third-order valence-electron chi connectivity index (χ3n) is 3.99. The van der Waals surface area contributed by atoms with Crippen molar-refractivity contribution in [1.82, 2.24) is 4.90 Å². The van der Waals surface area contributed by atoms with Crippen LogP contribution in [-0.2, 0) is 14.3 Å². The smallest absolute Gasteiger partial charge is 0.293 e. The molecule has 0 aliphatic carbocycles. The first-order chi connectivity index (χ1) is 12.0. The van der Waals surface area contributed by atoms with E-state index in [0.717, 1.165) is 5.56 Å². The third-order valence-corrected chi connectivity index (χ3v) is 4.24. The van der Waals surface area contributed by atoms with Crippen LogP contribution in [0.5, 0.6) is 0 Å². The average Bonchev–Trinajstić information content (AvgIpc) is 2.63. The zero-order valence-electron chi connectivity index (χ0n) is 13.8. The van der Waals surface area contributed by atoms with Gasteiger partial charge in [0.2, 0.25) is 5.78 Å². The van der Waals surface area contributed by atoms with Crippen molar-refractivity contribution in [1.29, 1.82) is 0 Å². The zero-order valence-corrected chi connectivity index (χ0v) is 14.6. The van der Waals surface area contributed by atoms with E-state index < -0.39 is 0 Å². The molecule has 0 saturated heterocycles. The summed E-state index contributed by atoms with van der Waals surface area (Å²) in [6.45, 7) is 0. The van der Waals surface area contributed by atoms with Crippen molar-refractivity contribution in [2.45, 2.75) is 0 Å². The second kappa shape index (κ2) is 6.95. The molecule has 1 aliphatic rings. The van der Waals surface area contributed by atoms with E-state index in [1.54, 1.807) is 37.4 Å². The molecule has 126 valence electrons. The first kappa shape index (κ1) is 17.0. The quantitative estimate of drug-likeness (QED) is 0.789. The van der Waals surface area contributed by atoms with Crippen LogP contribution in [0.15, 0.2) is 66.1 Å². The van der Waals surface area contributed by atoms with Gasteiger partial charge in [-0.3, -0.25) is 9.59 Å². The highest BCUT2D eigenvalue weighted by Crippen LogP contribution is 2.32. The molecule has 0 fully saturated rings. The number of methoxy groups -OCH3 is 1. The number of rotatable bonds is 3. The van der Waals surface area contributed by atoms with E-state index >= 15 is 0 Å². The fourth-order valence-corrected chi connectivity index (χ4v) is 2.82. The minimum atomic E-state index is -0.366. The Labute approximate surface area is 151 Å². The topological polar surface area (TPSA) is 46.6 Å². The number of ether oxygens (including phenoxy) is 1. The highest BCUT2D eigenvalue weighted by molar-refractivity contribution is 6.37. The minimum Gasteiger partial charge on any atom is -0.491 e. The van der Waals surface area contributed by atoms with E-state index in [0.29, 0.717) is 16.3 Å². The second-order valence-electron chi connectivity index (χ2n) is 5.55. The lowest BCUT2D eigenvalue weighted by molar-refractivity contribution is -0.130. The largest absolute Gasteiger partial charge is 0.491 e. The standard InChI is InChI=1S/C20H16ClNO3/c1-22-16(12-13-6-4-3-5-7-13)18(23)17(19(25-2)20(22)24)14-8-10-15(21)11-9-14/h3-12H,1-2H3/b16-12-. The molecule has 0 spiro atoms. The molecule has 0 N–H and O–H groups in total. The maximum atomic E-state index is 13.1. The van der Waals surface area contributed by atoms with E-state index in [-0.39, 0.29) is 23.0 Å². The van der Waals surface area contributed by atoms with Gasteiger partial charge in [0.15, 0.2) is 5.76 Å². The lowest BCUT2D eigenvalue weighted by Gasteiger charge is -2.28. The van der Waals surface area contributed by atoms with Gasteiger partial charge in [0.05, 0.1) is 18.4 Å². The van der Waals surface area contributed by atoms with Crippen LogP contribution in [-0.4, -0.2) is 30.7 Å². The van der Waals surface area contributed by atoms with Gasteiger partial charge in [0.25, 0.3) is 5.91 Å². The molecular weight excluding hydrogens is 338 g/mol. The van der Waals surface area contributed by atoms with Crippen LogP contribution in [0, 0.1) is 0 Å². The van der Waals surface area contributed by atoms with Crippen LogP contribution >= 0.6 is 11.6 Å². The Hall–Kier alpha value is -2.85. The molecule has 2 aromatic rings. The van der Waals surface area contributed by atoms with E-state index in [2.05, 4.69) is 0 Å². The van der Waals surface area contributed by atoms with Gasteiger partial charge in [0.1, 0.15) is 0 Å². The Morgan fingerprint density at radius 3 is 2.24 bits per heavy atom. The third kappa shape index (κ3) is 3.21. The number of hydrogen-bond acceptors (Lipinski definition) is 3. The molecule has 5 heteroatoms. The van der Waals surface area contributed by atoms with Gasteiger partial charge in [-0.25, -0.2) is 0 Å². The number of hydrogen-bond donors (Lipinski definition) is 0. The molecule has 0 saturated carbocycles. The number of benzene rings is 2. The summed E-state index contributed by atoms with van der Waals surface area (Å²) in [5.74, 6) is -0.612. The number of carbonyl (C=O) groups is 2. The highest BCUT2D eigenvalue weighted by atomic mass is 35.5. The van der Waals surface area contributed by atoms with Crippen LogP contribution < -0.4 is 0 Å². The van der Waals surface area contributed by atoms with Crippen molar-refractivity contribution in [2.75, 3.05) is 14.2 Å². The molecule has 0 unspecified atom stereocenters. The molecule has 0 aromatic heterocycles. The maximum absolute atomic E-state index is 13.1. The monoisotopic (exact) mass is 353 g/mol. The number of ketones is 1. The molecule has 4 nitrogen and oxygen atoms in total. The van der Waals surface area contributed by atoms with Gasteiger partial charge in [-0.15, -0.1) is 0 Å². The number of allylic oxidation sites excluding steroid dienone is 1. The van der Waals surface area contributed by atoms with Crippen LogP contribution in [0.2, 0.25) is 5.02 Å². The Morgan fingerprint density at radius 1 is 1.00 bits per heavy atom.